The Bertz CT molecular complexity index is 3050. The Morgan fingerprint density at radius 2 is 0.833 bits per heavy atom. The first kappa shape index (κ1) is 35.9. The van der Waals surface area contributed by atoms with Crippen molar-refractivity contribution in [3.63, 3.8) is 0 Å². The second-order valence-corrected chi connectivity index (χ2v) is 20.3. The Hall–Kier alpha value is -7.20. The van der Waals surface area contributed by atoms with Crippen molar-refractivity contribution < 1.29 is 4.42 Å². The van der Waals surface area contributed by atoms with E-state index in [0.29, 0.717) is 0 Å². The van der Waals surface area contributed by atoms with E-state index in [1.165, 1.54) is 54.1 Å². The molecule has 286 valence electrons. The van der Waals surface area contributed by atoms with Gasteiger partial charge in [0.15, 0.2) is 8.07 Å². The fraction of sp³-hybridized carbons (Fsp3) is 0.0526. The molecule has 0 atom stereocenters. The number of hydrogen-bond acceptors (Lipinski definition) is 2. The fourth-order valence-electron chi connectivity index (χ4n) is 9.93. The molecular formula is C57H43NOSi. The molecule has 1 aliphatic carbocycles. The summed E-state index contributed by atoms with van der Waals surface area (Å²) in [6.07, 6.45) is 0. The van der Waals surface area contributed by atoms with E-state index in [0.717, 1.165) is 39.0 Å². The third-order valence-corrected chi connectivity index (χ3v) is 17.6. The zero-order valence-corrected chi connectivity index (χ0v) is 34.7. The van der Waals surface area contributed by atoms with Gasteiger partial charge in [0.25, 0.3) is 0 Å². The highest BCUT2D eigenvalue weighted by molar-refractivity contribution is 7.19. The van der Waals surface area contributed by atoms with Gasteiger partial charge in [-0.1, -0.05) is 190 Å². The average Bonchev–Trinajstić information content (AvgIpc) is 3.79. The second kappa shape index (κ2) is 14.3. The van der Waals surface area contributed by atoms with Crippen molar-refractivity contribution in [1.82, 2.24) is 0 Å². The highest BCUT2D eigenvalue weighted by Crippen LogP contribution is 2.50. The third-order valence-electron chi connectivity index (χ3n) is 12.8. The Balaban J connectivity index is 1.01. The van der Waals surface area contributed by atoms with E-state index < -0.39 is 8.07 Å². The van der Waals surface area contributed by atoms with Gasteiger partial charge in [-0.15, -0.1) is 0 Å². The monoisotopic (exact) mass is 785 g/mol. The first-order valence-electron chi connectivity index (χ1n) is 20.8. The zero-order chi connectivity index (χ0) is 40.3. The minimum absolute atomic E-state index is 0.0644. The number of anilines is 3. The van der Waals surface area contributed by atoms with Gasteiger partial charge in [0.05, 0.1) is 0 Å². The van der Waals surface area contributed by atoms with Crippen molar-refractivity contribution in [2.45, 2.75) is 19.3 Å². The van der Waals surface area contributed by atoms with E-state index in [2.05, 4.69) is 231 Å². The van der Waals surface area contributed by atoms with Crippen LogP contribution < -0.4 is 25.6 Å². The van der Waals surface area contributed by atoms with Gasteiger partial charge in [0.1, 0.15) is 11.2 Å². The molecule has 0 saturated carbocycles. The largest absolute Gasteiger partial charge is 0.456 e. The van der Waals surface area contributed by atoms with Crippen LogP contribution in [0.15, 0.2) is 229 Å². The number of furan rings is 1. The summed E-state index contributed by atoms with van der Waals surface area (Å²) in [5, 5.41) is 7.74. The van der Waals surface area contributed by atoms with E-state index in [1.807, 2.05) is 12.1 Å². The van der Waals surface area contributed by atoms with Crippen LogP contribution in [0.3, 0.4) is 0 Å². The van der Waals surface area contributed by atoms with Crippen molar-refractivity contribution in [3.8, 4) is 22.3 Å². The summed E-state index contributed by atoms with van der Waals surface area (Å²) in [6, 6.07) is 82.5. The van der Waals surface area contributed by atoms with Crippen molar-refractivity contribution in [2.75, 3.05) is 4.90 Å². The summed E-state index contributed by atoms with van der Waals surface area (Å²) < 4.78 is 6.43. The van der Waals surface area contributed by atoms with Gasteiger partial charge in [-0.2, -0.15) is 0 Å². The van der Waals surface area contributed by atoms with Crippen LogP contribution in [0.5, 0.6) is 0 Å². The van der Waals surface area contributed by atoms with Crippen molar-refractivity contribution >= 4 is 67.8 Å². The lowest BCUT2D eigenvalue weighted by Crippen LogP contribution is -2.74. The second-order valence-electron chi connectivity index (χ2n) is 16.5. The molecule has 10 aromatic rings. The number of rotatable bonds is 8. The molecule has 1 aromatic heterocycles. The van der Waals surface area contributed by atoms with Gasteiger partial charge >= 0.3 is 0 Å². The lowest BCUT2D eigenvalue weighted by molar-refractivity contribution is 0.660. The van der Waals surface area contributed by atoms with E-state index in [1.54, 1.807) is 0 Å². The molecule has 1 heterocycles. The lowest BCUT2D eigenvalue weighted by Gasteiger charge is -2.34. The summed E-state index contributed by atoms with van der Waals surface area (Å²) in [7, 11) is -2.61. The summed E-state index contributed by atoms with van der Waals surface area (Å²) in [6.45, 7) is 4.67. The van der Waals surface area contributed by atoms with Crippen LogP contribution in [0.25, 0.3) is 44.2 Å². The smallest absolute Gasteiger partial charge is 0.179 e. The van der Waals surface area contributed by atoms with Crippen LogP contribution in [-0.2, 0) is 5.41 Å². The maximum Gasteiger partial charge on any atom is 0.179 e. The van der Waals surface area contributed by atoms with Crippen molar-refractivity contribution in [3.05, 3.63) is 236 Å². The van der Waals surface area contributed by atoms with Gasteiger partial charge in [-0.3, -0.25) is 0 Å². The summed E-state index contributed by atoms with van der Waals surface area (Å²) in [5.74, 6) is 0. The Labute approximate surface area is 352 Å². The molecule has 11 rings (SSSR count). The van der Waals surface area contributed by atoms with Crippen LogP contribution in [-0.4, -0.2) is 8.07 Å². The molecule has 3 heteroatoms. The number of para-hydroxylation sites is 1. The predicted octanol–water partition coefficient (Wildman–Crippen LogP) is 12.4. The minimum Gasteiger partial charge on any atom is -0.456 e. The van der Waals surface area contributed by atoms with Crippen LogP contribution in [0.2, 0.25) is 0 Å². The van der Waals surface area contributed by atoms with Gasteiger partial charge in [-0.05, 0) is 96.6 Å². The Morgan fingerprint density at radius 1 is 0.367 bits per heavy atom. The third kappa shape index (κ3) is 5.69. The average molecular weight is 786 g/mol. The molecule has 0 fully saturated rings. The Morgan fingerprint density at radius 3 is 1.48 bits per heavy atom. The molecule has 2 nitrogen and oxygen atoms in total. The van der Waals surface area contributed by atoms with E-state index in [9.17, 15) is 0 Å². The SMILES string of the molecule is CC1(C)c2ccccc2-c2cc(N(c3ccc(-c4ccc([Si](c5ccccc5)(c5ccccc5)c5ccccc5)cc4)cc3)c3ccc4c(c3)oc3ccccc34)ccc21. The lowest BCUT2D eigenvalue weighted by atomic mass is 9.82. The molecule has 9 aromatic carbocycles. The number of nitrogens with zero attached hydrogens (tertiary/aromatic N) is 1. The fourth-order valence-corrected chi connectivity index (χ4v) is 14.7. The van der Waals surface area contributed by atoms with Gasteiger partial charge in [-0.25, -0.2) is 0 Å². The van der Waals surface area contributed by atoms with E-state index >= 15 is 0 Å². The molecule has 0 saturated heterocycles. The normalized spacial score (nSPS) is 13.0. The van der Waals surface area contributed by atoms with Crippen LogP contribution in [0.1, 0.15) is 25.0 Å². The highest BCUT2D eigenvalue weighted by Gasteiger charge is 2.41. The summed E-state index contributed by atoms with van der Waals surface area (Å²) in [4.78, 5) is 2.37. The molecule has 0 N–H and O–H groups in total. The molecule has 0 unspecified atom stereocenters. The summed E-state index contributed by atoms with van der Waals surface area (Å²) >= 11 is 0. The molecule has 60 heavy (non-hydrogen) atoms. The van der Waals surface area contributed by atoms with Crippen molar-refractivity contribution in [1.29, 1.82) is 0 Å². The molecular weight excluding hydrogens is 743 g/mol. The maximum atomic E-state index is 6.43. The quantitative estimate of drug-likeness (QED) is 0.113. The molecule has 1 aliphatic rings. The number of benzene rings is 9. The molecule has 0 aliphatic heterocycles. The van der Waals surface area contributed by atoms with Gasteiger partial charge in [0, 0.05) is 39.3 Å². The Kier molecular flexibility index (Phi) is 8.54. The van der Waals surface area contributed by atoms with Gasteiger partial charge in [0.2, 0.25) is 0 Å². The zero-order valence-electron chi connectivity index (χ0n) is 33.7. The van der Waals surface area contributed by atoms with Crippen LogP contribution >= 0.6 is 0 Å². The minimum atomic E-state index is -2.61. The van der Waals surface area contributed by atoms with E-state index in [-0.39, 0.29) is 5.41 Å². The predicted molar refractivity (Wildman–Crippen MR) is 255 cm³/mol. The molecule has 0 spiro atoms. The molecule has 0 bridgehead atoms. The number of hydrogen-bond donors (Lipinski definition) is 0. The molecule has 0 radical (unpaired) electrons. The highest BCUT2D eigenvalue weighted by atomic mass is 28.3. The maximum absolute atomic E-state index is 6.43. The first-order chi connectivity index (χ1) is 29.5. The first-order valence-corrected chi connectivity index (χ1v) is 22.8. The number of fused-ring (bicyclic) bond motifs is 6. The molecule has 0 amide bonds. The van der Waals surface area contributed by atoms with Crippen LogP contribution in [0.4, 0.5) is 17.1 Å². The standard InChI is InChI=1S/C57H43NOSi/c1-57(2)53-24-14-12-22-49(53)52-38-43(33-37-54(52)57)58(44-32-36-51-50-23-13-15-25-55(50)59-56(51)39-44)42-30-26-40(27-31-42)41-28-34-48(35-29-41)60(45-16-6-3-7-17-45,46-18-8-4-9-19-46)47-20-10-5-11-21-47/h3-39H,1-2H3. The van der Waals surface area contributed by atoms with Gasteiger partial charge < -0.3 is 9.32 Å². The van der Waals surface area contributed by atoms with E-state index in [4.69, 9.17) is 4.42 Å². The summed E-state index contributed by atoms with van der Waals surface area (Å²) in [5.41, 5.74) is 12.7. The van der Waals surface area contributed by atoms with Crippen molar-refractivity contribution in [2.24, 2.45) is 0 Å². The topological polar surface area (TPSA) is 16.4 Å². The van der Waals surface area contributed by atoms with Crippen LogP contribution in [0, 0.1) is 0 Å².